The van der Waals surface area contributed by atoms with Gasteiger partial charge in [-0.3, -0.25) is 9.36 Å². The zero-order valence-corrected chi connectivity index (χ0v) is 10.4. The van der Waals surface area contributed by atoms with Crippen molar-refractivity contribution in [3.63, 3.8) is 0 Å². The molecule has 1 N–H and O–H groups in total. The van der Waals surface area contributed by atoms with Crippen molar-refractivity contribution in [1.82, 2.24) is 9.55 Å². The average molecular weight is 250 g/mol. The third-order valence-electron chi connectivity index (χ3n) is 2.80. The largest absolute Gasteiger partial charge is 0.497 e. The van der Waals surface area contributed by atoms with Crippen molar-refractivity contribution in [2.75, 3.05) is 14.2 Å². The maximum Gasteiger partial charge on any atom is 0.328 e. The van der Waals surface area contributed by atoms with Gasteiger partial charge in [-0.25, -0.2) is 4.79 Å². The van der Waals surface area contributed by atoms with Gasteiger partial charge in [0.05, 0.1) is 25.1 Å². The van der Waals surface area contributed by atoms with E-state index >= 15 is 0 Å². The van der Waals surface area contributed by atoms with Gasteiger partial charge < -0.3 is 14.5 Å². The van der Waals surface area contributed by atoms with E-state index in [0.29, 0.717) is 28.9 Å². The van der Waals surface area contributed by atoms with Crippen LogP contribution in [0.4, 0.5) is 0 Å². The summed E-state index contributed by atoms with van der Waals surface area (Å²) in [5, 5.41) is 0.368. The average Bonchev–Trinajstić information content (AvgIpc) is 2.38. The molecule has 18 heavy (non-hydrogen) atoms. The zero-order valence-electron chi connectivity index (χ0n) is 10.4. The quantitative estimate of drug-likeness (QED) is 0.871. The molecule has 0 fully saturated rings. The van der Waals surface area contributed by atoms with Gasteiger partial charge in [-0.2, -0.15) is 0 Å². The first-order chi connectivity index (χ1) is 8.62. The Morgan fingerprint density at radius 3 is 2.50 bits per heavy atom. The van der Waals surface area contributed by atoms with Crippen LogP contribution in [0.2, 0.25) is 0 Å². The fourth-order valence-electron chi connectivity index (χ4n) is 1.87. The van der Waals surface area contributed by atoms with Crippen LogP contribution >= 0.6 is 0 Å². The summed E-state index contributed by atoms with van der Waals surface area (Å²) < 4.78 is 11.4. The van der Waals surface area contributed by atoms with Gasteiger partial charge in [-0.05, 0) is 13.0 Å². The third-order valence-corrected chi connectivity index (χ3v) is 2.80. The van der Waals surface area contributed by atoms with Crippen LogP contribution in [-0.4, -0.2) is 23.8 Å². The molecule has 0 spiro atoms. The molecule has 0 radical (unpaired) electrons. The fourth-order valence-corrected chi connectivity index (χ4v) is 1.87. The SMILES string of the molecule is CCn1c(=O)[nH]c2c(OC)cc(OC)cc2c1=O. The number of hydrogen-bond donors (Lipinski definition) is 1. The van der Waals surface area contributed by atoms with Crippen molar-refractivity contribution in [1.29, 1.82) is 0 Å². The normalized spacial score (nSPS) is 10.6. The van der Waals surface area contributed by atoms with E-state index in [1.807, 2.05) is 0 Å². The molecule has 1 heterocycles. The molecule has 0 aliphatic carbocycles. The van der Waals surface area contributed by atoms with Gasteiger partial charge in [-0.15, -0.1) is 0 Å². The van der Waals surface area contributed by atoms with Crippen LogP contribution in [-0.2, 0) is 6.54 Å². The highest BCUT2D eigenvalue weighted by molar-refractivity contribution is 5.85. The highest BCUT2D eigenvalue weighted by Gasteiger charge is 2.12. The van der Waals surface area contributed by atoms with Gasteiger partial charge in [0.25, 0.3) is 5.56 Å². The summed E-state index contributed by atoms with van der Waals surface area (Å²) in [7, 11) is 2.97. The van der Waals surface area contributed by atoms with Crippen molar-refractivity contribution in [3.05, 3.63) is 33.0 Å². The number of aromatic amines is 1. The predicted octanol–water partition coefficient (Wildman–Crippen LogP) is 0.727. The molecule has 1 aromatic carbocycles. The minimum Gasteiger partial charge on any atom is -0.497 e. The molecule has 0 saturated carbocycles. The lowest BCUT2D eigenvalue weighted by Gasteiger charge is -2.09. The number of benzene rings is 1. The first-order valence-electron chi connectivity index (χ1n) is 5.51. The van der Waals surface area contributed by atoms with Gasteiger partial charge in [0, 0.05) is 12.6 Å². The number of H-pyrrole nitrogens is 1. The first kappa shape index (κ1) is 12.2. The van der Waals surface area contributed by atoms with Crippen LogP contribution in [0, 0.1) is 0 Å². The number of methoxy groups -OCH3 is 2. The summed E-state index contributed by atoms with van der Waals surface area (Å²) in [6.07, 6.45) is 0. The summed E-state index contributed by atoms with van der Waals surface area (Å²) in [5.74, 6) is 0.910. The maximum atomic E-state index is 12.1. The molecule has 2 rings (SSSR count). The van der Waals surface area contributed by atoms with E-state index in [4.69, 9.17) is 9.47 Å². The van der Waals surface area contributed by atoms with E-state index in [1.165, 1.54) is 14.2 Å². The molecule has 1 aromatic heterocycles. The molecule has 0 bridgehead atoms. The van der Waals surface area contributed by atoms with E-state index in [0.717, 1.165) is 4.57 Å². The Balaban J connectivity index is 2.97. The number of ether oxygens (including phenoxy) is 2. The molecule has 2 aromatic rings. The fraction of sp³-hybridized carbons (Fsp3) is 0.333. The van der Waals surface area contributed by atoms with E-state index < -0.39 is 5.69 Å². The van der Waals surface area contributed by atoms with Crippen molar-refractivity contribution in [2.45, 2.75) is 13.5 Å². The summed E-state index contributed by atoms with van der Waals surface area (Å²) in [5.41, 5.74) is -0.412. The number of nitrogens with one attached hydrogen (secondary N) is 1. The minimum atomic E-state index is -0.446. The molecule has 0 unspecified atom stereocenters. The minimum absolute atomic E-state index is 0.309. The van der Waals surface area contributed by atoms with Crippen molar-refractivity contribution in [2.24, 2.45) is 0 Å². The lowest BCUT2D eigenvalue weighted by Crippen LogP contribution is -2.34. The zero-order chi connectivity index (χ0) is 13.3. The third kappa shape index (κ3) is 1.75. The molecule has 6 heteroatoms. The van der Waals surface area contributed by atoms with Crippen LogP contribution < -0.4 is 20.7 Å². The predicted molar refractivity (Wildman–Crippen MR) is 67.6 cm³/mol. The molecular formula is C12H14N2O4. The Morgan fingerprint density at radius 1 is 1.22 bits per heavy atom. The molecule has 0 aliphatic rings. The number of hydrogen-bond acceptors (Lipinski definition) is 4. The monoisotopic (exact) mass is 250 g/mol. The lowest BCUT2D eigenvalue weighted by molar-refractivity contribution is 0.397. The van der Waals surface area contributed by atoms with Gasteiger partial charge >= 0.3 is 5.69 Å². The highest BCUT2D eigenvalue weighted by atomic mass is 16.5. The standard InChI is InChI=1S/C12H14N2O4/c1-4-14-11(15)8-5-7(17-2)6-9(18-3)10(8)13-12(14)16/h5-6H,4H2,1-3H3,(H,13,16). The Labute approximate surface area is 103 Å². The topological polar surface area (TPSA) is 73.3 Å². The highest BCUT2D eigenvalue weighted by Crippen LogP contribution is 2.26. The first-order valence-corrected chi connectivity index (χ1v) is 5.51. The van der Waals surface area contributed by atoms with E-state index in [2.05, 4.69) is 4.98 Å². The van der Waals surface area contributed by atoms with Gasteiger partial charge in [0.2, 0.25) is 0 Å². The molecule has 0 amide bonds. The maximum absolute atomic E-state index is 12.1. The van der Waals surface area contributed by atoms with Gasteiger partial charge in [-0.1, -0.05) is 0 Å². The summed E-state index contributed by atoms with van der Waals surface area (Å²) >= 11 is 0. The second-order valence-electron chi connectivity index (χ2n) is 3.73. The molecular weight excluding hydrogens is 236 g/mol. The summed E-state index contributed by atoms with van der Waals surface area (Å²) in [4.78, 5) is 26.5. The van der Waals surface area contributed by atoms with Crippen LogP contribution in [0.5, 0.6) is 11.5 Å². The van der Waals surface area contributed by atoms with Crippen molar-refractivity contribution in [3.8, 4) is 11.5 Å². The molecule has 0 atom stereocenters. The van der Waals surface area contributed by atoms with Gasteiger partial charge in [0.1, 0.15) is 11.5 Å². The van der Waals surface area contributed by atoms with Crippen molar-refractivity contribution < 1.29 is 9.47 Å². The Hall–Kier alpha value is -2.24. The molecule has 0 aliphatic heterocycles. The lowest BCUT2D eigenvalue weighted by atomic mass is 10.2. The Morgan fingerprint density at radius 2 is 1.94 bits per heavy atom. The number of aromatic nitrogens is 2. The smallest absolute Gasteiger partial charge is 0.328 e. The molecule has 6 nitrogen and oxygen atoms in total. The number of fused-ring (bicyclic) bond motifs is 1. The second-order valence-corrected chi connectivity index (χ2v) is 3.73. The van der Waals surface area contributed by atoms with Crippen LogP contribution in [0.3, 0.4) is 0 Å². The number of nitrogens with zero attached hydrogens (tertiary/aromatic N) is 1. The Bertz CT molecular complexity index is 700. The van der Waals surface area contributed by atoms with Crippen LogP contribution in [0.25, 0.3) is 10.9 Å². The van der Waals surface area contributed by atoms with Crippen molar-refractivity contribution >= 4 is 10.9 Å². The molecule has 0 saturated heterocycles. The Kier molecular flexibility index (Phi) is 3.10. The summed E-state index contributed by atoms with van der Waals surface area (Å²) in [6.45, 7) is 2.05. The van der Waals surface area contributed by atoms with Crippen LogP contribution in [0.1, 0.15) is 6.92 Å². The van der Waals surface area contributed by atoms with Gasteiger partial charge in [0.15, 0.2) is 0 Å². The summed E-state index contributed by atoms with van der Waals surface area (Å²) in [6, 6.07) is 3.20. The van der Waals surface area contributed by atoms with E-state index in [1.54, 1.807) is 19.1 Å². The van der Waals surface area contributed by atoms with E-state index in [-0.39, 0.29) is 5.56 Å². The van der Waals surface area contributed by atoms with E-state index in [9.17, 15) is 9.59 Å². The second kappa shape index (κ2) is 4.56. The number of rotatable bonds is 3. The molecule has 96 valence electrons. The van der Waals surface area contributed by atoms with Crippen LogP contribution in [0.15, 0.2) is 21.7 Å².